The summed E-state index contributed by atoms with van der Waals surface area (Å²) in [6.07, 6.45) is 4.14. The number of carbonyl (C=O) groups is 1. The van der Waals surface area contributed by atoms with Crippen molar-refractivity contribution in [3.8, 4) is 5.75 Å². The maximum atomic E-state index is 11.9. The van der Waals surface area contributed by atoms with E-state index in [1.165, 1.54) is 12.7 Å². The number of hydrogen-bond acceptors (Lipinski definition) is 4. The zero-order valence-corrected chi connectivity index (χ0v) is 13.8. The van der Waals surface area contributed by atoms with Crippen LogP contribution < -0.4 is 4.74 Å². The summed E-state index contributed by atoms with van der Waals surface area (Å²) in [5.74, 6) is 0.850. The van der Waals surface area contributed by atoms with Crippen LogP contribution in [-0.2, 0) is 16.0 Å². The van der Waals surface area contributed by atoms with Gasteiger partial charge in [0.05, 0.1) is 7.11 Å². The normalized spacial score (nSPS) is 25.2. The van der Waals surface area contributed by atoms with Gasteiger partial charge in [-0.05, 0) is 43.1 Å². The van der Waals surface area contributed by atoms with Gasteiger partial charge in [-0.15, -0.1) is 0 Å². The van der Waals surface area contributed by atoms with E-state index in [0.717, 1.165) is 49.0 Å². The van der Waals surface area contributed by atoms with Crippen molar-refractivity contribution in [2.75, 3.05) is 20.2 Å². The van der Waals surface area contributed by atoms with Gasteiger partial charge in [-0.2, -0.15) is 0 Å². The quantitative estimate of drug-likeness (QED) is 0.783. The first-order valence-electron chi connectivity index (χ1n) is 7.44. The van der Waals surface area contributed by atoms with Crippen LogP contribution in [0.15, 0.2) is 22.7 Å². The molecule has 1 aromatic carbocycles. The Morgan fingerprint density at radius 1 is 1.48 bits per heavy atom. The van der Waals surface area contributed by atoms with Crippen LogP contribution in [-0.4, -0.2) is 43.2 Å². The van der Waals surface area contributed by atoms with Crippen molar-refractivity contribution < 1.29 is 14.3 Å². The van der Waals surface area contributed by atoms with Gasteiger partial charge in [0, 0.05) is 17.4 Å². The Bertz CT molecular complexity index is 534. The number of halogens is 1. The minimum Gasteiger partial charge on any atom is -0.488 e. The molecule has 0 spiro atoms. The molecule has 0 bridgehead atoms. The molecule has 0 amide bonds. The van der Waals surface area contributed by atoms with E-state index >= 15 is 0 Å². The van der Waals surface area contributed by atoms with Crippen LogP contribution in [0.25, 0.3) is 0 Å². The van der Waals surface area contributed by atoms with Gasteiger partial charge in [0.25, 0.3) is 0 Å². The minimum absolute atomic E-state index is 0.109. The Kier molecular flexibility index (Phi) is 4.50. The third-order valence-electron chi connectivity index (χ3n) is 4.29. The molecule has 2 heterocycles. The number of rotatable bonds is 3. The fourth-order valence-corrected chi connectivity index (χ4v) is 3.67. The molecule has 21 heavy (non-hydrogen) atoms. The molecule has 1 fully saturated rings. The molecule has 0 aromatic heterocycles. The molecule has 4 nitrogen and oxygen atoms in total. The van der Waals surface area contributed by atoms with Crippen molar-refractivity contribution in [2.45, 2.75) is 37.8 Å². The first-order chi connectivity index (χ1) is 10.2. The van der Waals surface area contributed by atoms with E-state index in [1.807, 2.05) is 12.1 Å². The molecule has 0 saturated carbocycles. The van der Waals surface area contributed by atoms with Crippen LogP contribution in [0.3, 0.4) is 0 Å². The lowest BCUT2D eigenvalue weighted by Gasteiger charge is -2.34. The van der Waals surface area contributed by atoms with Crippen LogP contribution in [0.2, 0.25) is 0 Å². The van der Waals surface area contributed by atoms with Gasteiger partial charge in [-0.25, -0.2) is 0 Å². The minimum atomic E-state index is -0.118. The van der Waals surface area contributed by atoms with Gasteiger partial charge in [0.2, 0.25) is 0 Å². The standard InChI is InChI=1S/C16H20BrNO3/c1-20-16(19)14-4-2-3-7-18(14)10-13-9-11-8-12(17)5-6-15(11)21-13/h5-6,8,13-14H,2-4,7,9-10H2,1H3/t13?,14-/m1/s1. The van der Waals surface area contributed by atoms with Crippen LogP contribution in [0.1, 0.15) is 24.8 Å². The summed E-state index contributed by atoms with van der Waals surface area (Å²) in [7, 11) is 1.47. The maximum Gasteiger partial charge on any atom is 0.323 e. The molecule has 2 aliphatic rings. The van der Waals surface area contributed by atoms with E-state index in [4.69, 9.17) is 9.47 Å². The van der Waals surface area contributed by atoms with Crippen LogP contribution >= 0.6 is 15.9 Å². The molecule has 114 valence electrons. The third-order valence-corrected chi connectivity index (χ3v) is 4.78. The molecule has 1 aromatic rings. The molecule has 5 heteroatoms. The molecule has 0 radical (unpaired) electrons. The Morgan fingerprint density at radius 2 is 2.33 bits per heavy atom. The third kappa shape index (κ3) is 3.24. The molecular formula is C16H20BrNO3. The summed E-state index contributed by atoms with van der Waals surface area (Å²) in [6, 6.07) is 6.01. The smallest absolute Gasteiger partial charge is 0.323 e. The number of esters is 1. The first kappa shape index (κ1) is 14.9. The highest BCUT2D eigenvalue weighted by atomic mass is 79.9. The lowest BCUT2D eigenvalue weighted by atomic mass is 10.0. The molecule has 3 rings (SSSR count). The van der Waals surface area contributed by atoms with E-state index in [1.54, 1.807) is 0 Å². The van der Waals surface area contributed by atoms with E-state index in [2.05, 4.69) is 26.9 Å². The highest BCUT2D eigenvalue weighted by molar-refractivity contribution is 9.10. The molecule has 2 atom stereocenters. The molecule has 0 aliphatic carbocycles. The number of likely N-dealkylation sites (tertiary alicyclic amines) is 1. The summed E-state index contributed by atoms with van der Waals surface area (Å²) in [5, 5.41) is 0. The number of hydrogen-bond donors (Lipinski definition) is 0. The van der Waals surface area contributed by atoms with Crippen molar-refractivity contribution >= 4 is 21.9 Å². The van der Waals surface area contributed by atoms with Gasteiger partial charge >= 0.3 is 5.97 Å². The lowest BCUT2D eigenvalue weighted by molar-refractivity contribution is -0.148. The predicted molar refractivity (Wildman–Crippen MR) is 83.5 cm³/mol. The summed E-state index contributed by atoms with van der Waals surface area (Å²) in [6.45, 7) is 1.73. The van der Waals surface area contributed by atoms with Crippen LogP contribution in [0.5, 0.6) is 5.75 Å². The lowest BCUT2D eigenvalue weighted by Crippen LogP contribution is -2.49. The Balaban J connectivity index is 1.65. The van der Waals surface area contributed by atoms with E-state index in [-0.39, 0.29) is 18.1 Å². The van der Waals surface area contributed by atoms with Gasteiger partial charge < -0.3 is 9.47 Å². The van der Waals surface area contributed by atoms with Gasteiger partial charge in [0.15, 0.2) is 0 Å². The van der Waals surface area contributed by atoms with E-state index in [9.17, 15) is 4.79 Å². The highest BCUT2D eigenvalue weighted by Gasteiger charge is 2.33. The molecule has 1 unspecified atom stereocenters. The van der Waals surface area contributed by atoms with E-state index < -0.39 is 0 Å². The van der Waals surface area contributed by atoms with Crippen molar-refractivity contribution in [3.05, 3.63) is 28.2 Å². The Hall–Kier alpha value is -1.07. The molecular weight excluding hydrogens is 334 g/mol. The zero-order valence-electron chi connectivity index (χ0n) is 12.2. The maximum absolute atomic E-state index is 11.9. The number of nitrogens with zero attached hydrogens (tertiary/aromatic N) is 1. The van der Waals surface area contributed by atoms with Gasteiger partial charge in [0.1, 0.15) is 17.9 Å². The fraction of sp³-hybridized carbons (Fsp3) is 0.562. The van der Waals surface area contributed by atoms with Crippen LogP contribution in [0, 0.1) is 0 Å². The summed E-state index contributed by atoms with van der Waals surface area (Å²) < 4.78 is 12.0. The average molecular weight is 354 g/mol. The second-order valence-corrected chi connectivity index (χ2v) is 6.64. The van der Waals surface area contributed by atoms with Crippen molar-refractivity contribution in [2.24, 2.45) is 0 Å². The summed E-state index contributed by atoms with van der Waals surface area (Å²) in [5.41, 5.74) is 1.24. The van der Waals surface area contributed by atoms with E-state index in [0.29, 0.717) is 0 Å². The monoisotopic (exact) mass is 353 g/mol. The van der Waals surface area contributed by atoms with Crippen molar-refractivity contribution in [3.63, 3.8) is 0 Å². The zero-order chi connectivity index (χ0) is 14.8. The SMILES string of the molecule is COC(=O)[C@H]1CCCCN1CC1Cc2cc(Br)ccc2O1. The van der Waals surface area contributed by atoms with Crippen molar-refractivity contribution in [1.82, 2.24) is 4.90 Å². The first-order valence-corrected chi connectivity index (χ1v) is 8.23. The number of carbonyl (C=O) groups excluding carboxylic acids is 1. The van der Waals surface area contributed by atoms with Gasteiger partial charge in [-0.3, -0.25) is 9.69 Å². The summed E-state index contributed by atoms with van der Waals surface area (Å²) in [4.78, 5) is 14.1. The second kappa shape index (κ2) is 6.36. The highest BCUT2D eigenvalue weighted by Crippen LogP contribution is 2.32. The second-order valence-electron chi connectivity index (χ2n) is 5.73. The topological polar surface area (TPSA) is 38.8 Å². The number of methoxy groups -OCH3 is 1. The summed E-state index contributed by atoms with van der Waals surface area (Å²) >= 11 is 3.49. The number of fused-ring (bicyclic) bond motifs is 1. The van der Waals surface area contributed by atoms with Crippen LogP contribution in [0.4, 0.5) is 0 Å². The Labute approximate surface area is 133 Å². The fourth-order valence-electron chi connectivity index (χ4n) is 3.26. The van der Waals surface area contributed by atoms with Gasteiger partial charge in [-0.1, -0.05) is 22.4 Å². The Morgan fingerprint density at radius 3 is 3.14 bits per heavy atom. The molecule has 2 aliphatic heterocycles. The molecule has 1 saturated heterocycles. The molecule has 0 N–H and O–H groups in total. The van der Waals surface area contributed by atoms with Crippen molar-refractivity contribution in [1.29, 1.82) is 0 Å². The largest absolute Gasteiger partial charge is 0.488 e. The number of benzene rings is 1. The predicted octanol–water partition coefficient (Wildman–Crippen LogP) is 2.78. The number of ether oxygens (including phenoxy) is 2. The number of piperidine rings is 1. The average Bonchev–Trinajstić information content (AvgIpc) is 2.88.